The number of hydrogen-bond donors (Lipinski definition) is 2. The smallest absolute Gasteiger partial charge is 0.251 e. The number of hydrogen-bond acceptors (Lipinski definition) is 4. The lowest BCUT2D eigenvalue weighted by atomic mass is 9.91. The van der Waals surface area contributed by atoms with E-state index in [9.17, 15) is 13.2 Å². The summed E-state index contributed by atoms with van der Waals surface area (Å²) in [7, 11) is -3.28. The van der Waals surface area contributed by atoms with Crippen LogP contribution in [0.25, 0.3) is 0 Å². The van der Waals surface area contributed by atoms with Gasteiger partial charge in [0.25, 0.3) is 5.91 Å². The average Bonchev–Trinajstić information content (AvgIpc) is 2.55. The Labute approximate surface area is 143 Å². The van der Waals surface area contributed by atoms with E-state index in [1.165, 1.54) is 10.6 Å². The molecular formula is C17H25N3O3S. The van der Waals surface area contributed by atoms with Gasteiger partial charge in [0, 0.05) is 24.2 Å². The summed E-state index contributed by atoms with van der Waals surface area (Å²) in [5.74, 6) is -0.0882. The monoisotopic (exact) mass is 351 g/mol. The lowest BCUT2D eigenvalue weighted by molar-refractivity contribution is 0.0926. The number of sulfonamides is 1. The minimum absolute atomic E-state index is 0.0882. The number of carbonyl (C=O) groups excluding carboxylic acids is 1. The normalized spacial score (nSPS) is 24.3. The SMILES string of the molecule is CS(=O)(=O)N1CCCc2cc(C(=O)NC3CCC(N)CC3)ccc21. The zero-order valence-corrected chi connectivity index (χ0v) is 14.8. The second kappa shape index (κ2) is 6.72. The van der Waals surface area contributed by atoms with E-state index in [-0.39, 0.29) is 18.0 Å². The summed E-state index contributed by atoms with van der Waals surface area (Å²) in [4.78, 5) is 12.5. The summed E-state index contributed by atoms with van der Waals surface area (Å²) >= 11 is 0. The van der Waals surface area contributed by atoms with E-state index >= 15 is 0 Å². The molecule has 0 atom stereocenters. The average molecular weight is 351 g/mol. The summed E-state index contributed by atoms with van der Waals surface area (Å²) in [6, 6.07) is 5.73. The molecule has 0 aromatic heterocycles. The van der Waals surface area contributed by atoms with Crippen molar-refractivity contribution >= 4 is 21.6 Å². The van der Waals surface area contributed by atoms with Gasteiger partial charge in [0.1, 0.15) is 0 Å². The van der Waals surface area contributed by atoms with Crippen LogP contribution in [-0.4, -0.2) is 39.2 Å². The van der Waals surface area contributed by atoms with Gasteiger partial charge in [-0.3, -0.25) is 9.10 Å². The summed E-state index contributed by atoms with van der Waals surface area (Å²) in [5, 5.41) is 3.08. The fourth-order valence-electron chi connectivity index (χ4n) is 3.58. The van der Waals surface area contributed by atoms with Crippen LogP contribution < -0.4 is 15.4 Å². The van der Waals surface area contributed by atoms with Crippen molar-refractivity contribution in [1.82, 2.24) is 5.32 Å². The molecule has 6 nitrogen and oxygen atoms in total. The Morgan fingerprint density at radius 3 is 2.62 bits per heavy atom. The molecule has 3 rings (SSSR count). The molecule has 1 aromatic carbocycles. The van der Waals surface area contributed by atoms with Gasteiger partial charge >= 0.3 is 0 Å². The van der Waals surface area contributed by atoms with Crippen LogP contribution in [0.2, 0.25) is 0 Å². The molecule has 1 aromatic rings. The van der Waals surface area contributed by atoms with Crippen molar-refractivity contribution in [3.63, 3.8) is 0 Å². The van der Waals surface area contributed by atoms with Crippen molar-refractivity contribution in [2.24, 2.45) is 5.73 Å². The molecule has 1 heterocycles. The van der Waals surface area contributed by atoms with Crippen LogP contribution >= 0.6 is 0 Å². The van der Waals surface area contributed by atoms with E-state index in [0.717, 1.165) is 44.1 Å². The summed E-state index contributed by atoms with van der Waals surface area (Å²) in [6.45, 7) is 0.500. The van der Waals surface area contributed by atoms with E-state index in [0.29, 0.717) is 17.8 Å². The minimum atomic E-state index is -3.28. The molecule has 24 heavy (non-hydrogen) atoms. The summed E-state index contributed by atoms with van der Waals surface area (Å²) in [6.07, 6.45) is 6.50. The first-order chi connectivity index (χ1) is 11.3. The Balaban J connectivity index is 1.75. The van der Waals surface area contributed by atoms with Crippen molar-refractivity contribution in [2.75, 3.05) is 17.1 Å². The van der Waals surface area contributed by atoms with Crippen LogP contribution in [0.1, 0.15) is 48.0 Å². The highest BCUT2D eigenvalue weighted by Crippen LogP contribution is 2.30. The van der Waals surface area contributed by atoms with Crippen molar-refractivity contribution in [3.8, 4) is 0 Å². The Bertz CT molecular complexity index is 725. The predicted molar refractivity (Wildman–Crippen MR) is 94.7 cm³/mol. The maximum atomic E-state index is 12.5. The van der Waals surface area contributed by atoms with Crippen LogP contribution in [0, 0.1) is 0 Å². The van der Waals surface area contributed by atoms with Crippen molar-refractivity contribution < 1.29 is 13.2 Å². The maximum Gasteiger partial charge on any atom is 0.251 e. The van der Waals surface area contributed by atoms with Crippen LogP contribution in [0.3, 0.4) is 0 Å². The van der Waals surface area contributed by atoms with Crippen LogP contribution in [0.4, 0.5) is 5.69 Å². The highest BCUT2D eigenvalue weighted by Gasteiger charge is 2.25. The number of nitrogens with one attached hydrogen (secondary N) is 1. The molecular weight excluding hydrogens is 326 g/mol. The predicted octanol–water partition coefficient (Wildman–Crippen LogP) is 1.40. The Morgan fingerprint density at radius 2 is 1.96 bits per heavy atom. The van der Waals surface area contributed by atoms with Crippen molar-refractivity contribution in [3.05, 3.63) is 29.3 Å². The first-order valence-corrected chi connectivity index (χ1v) is 10.4. The third-order valence-corrected chi connectivity index (χ3v) is 6.11. The van der Waals surface area contributed by atoms with Gasteiger partial charge in [0.15, 0.2) is 0 Å². The zero-order valence-electron chi connectivity index (χ0n) is 14.0. The molecule has 1 aliphatic heterocycles. The van der Waals surface area contributed by atoms with Gasteiger partial charge in [0.05, 0.1) is 11.9 Å². The van der Waals surface area contributed by atoms with E-state index in [4.69, 9.17) is 5.73 Å². The Morgan fingerprint density at radius 1 is 1.25 bits per heavy atom. The van der Waals surface area contributed by atoms with Crippen LogP contribution in [0.15, 0.2) is 18.2 Å². The first kappa shape index (κ1) is 17.2. The van der Waals surface area contributed by atoms with Gasteiger partial charge in [-0.15, -0.1) is 0 Å². The molecule has 132 valence electrons. The van der Waals surface area contributed by atoms with Gasteiger partial charge in [0.2, 0.25) is 10.0 Å². The lowest BCUT2D eigenvalue weighted by Crippen LogP contribution is -2.40. The van der Waals surface area contributed by atoms with Crippen LogP contribution in [-0.2, 0) is 16.4 Å². The number of nitrogens with zero attached hydrogens (tertiary/aromatic N) is 1. The third-order valence-electron chi connectivity index (χ3n) is 4.93. The van der Waals surface area contributed by atoms with E-state index in [2.05, 4.69) is 5.32 Å². The van der Waals surface area contributed by atoms with E-state index in [1.54, 1.807) is 12.1 Å². The molecule has 2 aliphatic rings. The molecule has 1 saturated carbocycles. The van der Waals surface area contributed by atoms with E-state index in [1.807, 2.05) is 6.07 Å². The standard InChI is InChI=1S/C17H25N3O3S/c1-24(22,23)20-10-2-3-12-11-13(4-9-16(12)20)17(21)19-15-7-5-14(18)6-8-15/h4,9,11,14-15H,2-3,5-8,10,18H2,1H3,(H,19,21). The Hall–Kier alpha value is -1.60. The summed E-state index contributed by atoms with van der Waals surface area (Å²) < 4.78 is 25.2. The molecule has 1 aliphatic carbocycles. The molecule has 1 fully saturated rings. The second-order valence-electron chi connectivity index (χ2n) is 6.87. The first-order valence-electron chi connectivity index (χ1n) is 8.51. The van der Waals surface area contributed by atoms with Crippen molar-refractivity contribution in [1.29, 1.82) is 0 Å². The molecule has 0 radical (unpaired) electrons. The molecule has 0 spiro atoms. The third kappa shape index (κ3) is 3.72. The second-order valence-corrected chi connectivity index (χ2v) is 8.77. The van der Waals surface area contributed by atoms with E-state index < -0.39 is 10.0 Å². The fraction of sp³-hybridized carbons (Fsp3) is 0.588. The van der Waals surface area contributed by atoms with Gasteiger partial charge in [-0.2, -0.15) is 0 Å². The molecule has 0 unspecified atom stereocenters. The maximum absolute atomic E-state index is 12.5. The molecule has 0 saturated heterocycles. The fourth-order valence-corrected chi connectivity index (χ4v) is 4.58. The number of aryl methyl sites for hydroxylation is 1. The quantitative estimate of drug-likeness (QED) is 0.861. The molecule has 3 N–H and O–H groups in total. The number of nitrogens with two attached hydrogens (primary N) is 1. The number of benzene rings is 1. The van der Waals surface area contributed by atoms with Crippen molar-refractivity contribution in [2.45, 2.75) is 50.6 Å². The highest BCUT2D eigenvalue weighted by molar-refractivity contribution is 7.92. The number of amides is 1. The van der Waals surface area contributed by atoms with Crippen LogP contribution in [0.5, 0.6) is 0 Å². The topological polar surface area (TPSA) is 92.5 Å². The Kier molecular flexibility index (Phi) is 4.83. The molecule has 1 amide bonds. The number of anilines is 1. The largest absolute Gasteiger partial charge is 0.349 e. The zero-order chi connectivity index (χ0) is 17.3. The van der Waals surface area contributed by atoms with Gasteiger partial charge in [-0.25, -0.2) is 8.42 Å². The molecule has 7 heteroatoms. The lowest BCUT2D eigenvalue weighted by Gasteiger charge is -2.30. The van der Waals surface area contributed by atoms with Gasteiger partial charge < -0.3 is 11.1 Å². The van der Waals surface area contributed by atoms with Gasteiger partial charge in [-0.1, -0.05) is 0 Å². The minimum Gasteiger partial charge on any atom is -0.349 e. The molecule has 0 bridgehead atoms. The highest BCUT2D eigenvalue weighted by atomic mass is 32.2. The summed E-state index contributed by atoms with van der Waals surface area (Å²) in [5.41, 5.74) is 8.11. The number of fused-ring (bicyclic) bond motifs is 1. The van der Waals surface area contributed by atoms with Gasteiger partial charge in [-0.05, 0) is 62.3 Å². The number of carbonyl (C=O) groups is 1. The number of rotatable bonds is 3.